The fourth-order valence-corrected chi connectivity index (χ4v) is 4.00. The number of oxazole rings is 1. The van der Waals surface area contributed by atoms with Crippen molar-refractivity contribution in [1.82, 2.24) is 19.7 Å². The minimum atomic E-state index is -4.40. The number of aromatic nitrogens is 4. The normalized spacial score (nSPS) is 15.0. The molecule has 3 aromatic rings. The Morgan fingerprint density at radius 1 is 1.13 bits per heavy atom. The number of anilines is 1. The van der Waals surface area contributed by atoms with Gasteiger partial charge in [0, 0.05) is 18.8 Å². The molecule has 0 aliphatic carbocycles. The zero-order valence-electron chi connectivity index (χ0n) is 15.6. The van der Waals surface area contributed by atoms with E-state index in [0.717, 1.165) is 16.3 Å². The fraction of sp³-hybridized carbons (Fsp3) is 0.389. The Balaban J connectivity index is 1.52. The standard InChI is InChI=1S/C18H17ClF3N5O2S/c19-14-4-2-1-3-13(14)15-23-12(9-29-15)10-30-17-25-24-16(26-5-7-28-8-6-26)27(17)11-18(20,21)22/h1-4,9H,5-8,10-11H2. The monoisotopic (exact) mass is 459 g/mol. The van der Waals surface area contributed by atoms with Gasteiger partial charge in [-0.3, -0.25) is 4.57 Å². The van der Waals surface area contributed by atoms with Crippen molar-refractivity contribution in [3.63, 3.8) is 0 Å². The van der Waals surface area contributed by atoms with E-state index < -0.39 is 12.7 Å². The van der Waals surface area contributed by atoms with Gasteiger partial charge in [0.1, 0.15) is 12.8 Å². The van der Waals surface area contributed by atoms with Gasteiger partial charge in [-0.15, -0.1) is 10.2 Å². The number of rotatable bonds is 6. The molecular weight excluding hydrogens is 443 g/mol. The van der Waals surface area contributed by atoms with Gasteiger partial charge in [-0.05, 0) is 12.1 Å². The van der Waals surface area contributed by atoms with Crippen molar-refractivity contribution in [2.24, 2.45) is 0 Å². The van der Waals surface area contributed by atoms with E-state index in [1.807, 2.05) is 6.07 Å². The number of benzene rings is 1. The Bertz CT molecular complexity index is 1000. The van der Waals surface area contributed by atoms with Crippen LogP contribution in [0.1, 0.15) is 5.69 Å². The average Bonchev–Trinajstić information content (AvgIpc) is 3.33. The zero-order chi connectivity index (χ0) is 21.1. The predicted octanol–water partition coefficient (Wildman–Crippen LogP) is 4.28. The van der Waals surface area contributed by atoms with Crippen LogP contribution < -0.4 is 4.90 Å². The van der Waals surface area contributed by atoms with Crippen molar-refractivity contribution in [2.75, 3.05) is 31.2 Å². The van der Waals surface area contributed by atoms with Crippen molar-refractivity contribution in [2.45, 2.75) is 23.6 Å². The first kappa shape index (κ1) is 21.0. The lowest BCUT2D eigenvalue weighted by Crippen LogP contribution is -2.38. The van der Waals surface area contributed by atoms with E-state index in [0.29, 0.717) is 48.5 Å². The number of nitrogens with zero attached hydrogens (tertiary/aromatic N) is 5. The maximum absolute atomic E-state index is 13.2. The molecule has 1 aromatic carbocycles. The molecule has 160 valence electrons. The van der Waals surface area contributed by atoms with E-state index in [1.54, 1.807) is 23.1 Å². The van der Waals surface area contributed by atoms with Crippen LogP contribution in [0, 0.1) is 0 Å². The van der Waals surface area contributed by atoms with Crippen LogP contribution >= 0.6 is 23.4 Å². The van der Waals surface area contributed by atoms with Gasteiger partial charge in [0.15, 0.2) is 5.16 Å². The van der Waals surface area contributed by atoms with Gasteiger partial charge in [0.05, 0.1) is 29.5 Å². The lowest BCUT2D eigenvalue weighted by molar-refractivity contribution is -0.141. The molecule has 0 spiro atoms. The highest BCUT2D eigenvalue weighted by molar-refractivity contribution is 7.98. The smallest absolute Gasteiger partial charge is 0.406 e. The molecule has 7 nitrogen and oxygen atoms in total. The second-order valence-corrected chi connectivity index (χ2v) is 7.85. The third-order valence-corrected chi connectivity index (χ3v) is 5.66. The lowest BCUT2D eigenvalue weighted by Gasteiger charge is -2.28. The van der Waals surface area contributed by atoms with E-state index >= 15 is 0 Å². The molecule has 0 unspecified atom stereocenters. The highest BCUT2D eigenvalue weighted by Gasteiger charge is 2.33. The molecule has 1 saturated heterocycles. The Morgan fingerprint density at radius 2 is 1.90 bits per heavy atom. The molecule has 30 heavy (non-hydrogen) atoms. The Hall–Kier alpha value is -2.24. The molecule has 1 aliphatic rings. The van der Waals surface area contributed by atoms with Gasteiger partial charge in [0.25, 0.3) is 0 Å². The SMILES string of the molecule is FC(F)(F)Cn1c(SCc2coc(-c3ccccc3Cl)n2)nnc1N1CCOCC1. The second kappa shape index (κ2) is 8.86. The van der Waals surface area contributed by atoms with Gasteiger partial charge in [-0.1, -0.05) is 35.5 Å². The minimum Gasteiger partial charge on any atom is -0.444 e. The summed E-state index contributed by atoms with van der Waals surface area (Å²) >= 11 is 7.27. The number of halogens is 4. The largest absolute Gasteiger partial charge is 0.444 e. The van der Waals surface area contributed by atoms with Crippen molar-refractivity contribution in [3.05, 3.63) is 41.2 Å². The van der Waals surface area contributed by atoms with Crippen molar-refractivity contribution < 1.29 is 22.3 Å². The molecule has 12 heteroatoms. The summed E-state index contributed by atoms with van der Waals surface area (Å²) in [6.07, 6.45) is -2.94. The van der Waals surface area contributed by atoms with E-state index in [-0.39, 0.29) is 16.9 Å². The molecule has 0 saturated carbocycles. The summed E-state index contributed by atoms with van der Waals surface area (Å²) in [5.41, 5.74) is 1.20. The molecule has 0 bridgehead atoms. The Labute approximate surface area is 179 Å². The van der Waals surface area contributed by atoms with E-state index in [9.17, 15) is 13.2 Å². The van der Waals surface area contributed by atoms with Crippen LogP contribution in [0.25, 0.3) is 11.5 Å². The summed E-state index contributed by atoms with van der Waals surface area (Å²) in [4.78, 5) is 6.13. The first-order valence-electron chi connectivity index (χ1n) is 9.05. The molecule has 0 atom stereocenters. The summed E-state index contributed by atoms with van der Waals surface area (Å²) in [7, 11) is 0. The highest BCUT2D eigenvalue weighted by Crippen LogP contribution is 2.31. The number of ether oxygens (including phenoxy) is 1. The number of alkyl halides is 3. The lowest BCUT2D eigenvalue weighted by atomic mass is 10.2. The second-order valence-electron chi connectivity index (χ2n) is 6.50. The molecule has 3 heterocycles. The fourth-order valence-electron chi connectivity index (χ4n) is 2.97. The molecule has 1 fully saturated rings. The van der Waals surface area contributed by atoms with Crippen LogP contribution in [0.5, 0.6) is 0 Å². The Morgan fingerprint density at radius 3 is 2.63 bits per heavy atom. The Kier molecular flexibility index (Phi) is 6.21. The highest BCUT2D eigenvalue weighted by atomic mass is 35.5. The van der Waals surface area contributed by atoms with Gasteiger partial charge >= 0.3 is 6.18 Å². The first-order valence-corrected chi connectivity index (χ1v) is 10.4. The number of thioether (sulfide) groups is 1. The number of morpholine rings is 1. The maximum atomic E-state index is 13.2. The zero-order valence-corrected chi connectivity index (χ0v) is 17.2. The summed E-state index contributed by atoms with van der Waals surface area (Å²) in [6.45, 7) is 0.630. The molecule has 0 N–H and O–H groups in total. The van der Waals surface area contributed by atoms with E-state index in [2.05, 4.69) is 15.2 Å². The van der Waals surface area contributed by atoms with Crippen LogP contribution in [-0.4, -0.2) is 52.2 Å². The molecule has 0 radical (unpaired) electrons. The van der Waals surface area contributed by atoms with Crippen LogP contribution in [0.3, 0.4) is 0 Å². The predicted molar refractivity (Wildman–Crippen MR) is 106 cm³/mol. The first-order chi connectivity index (χ1) is 14.4. The van der Waals surface area contributed by atoms with Gasteiger partial charge in [-0.25, -0.2) is 4.98 Å². The molecular formula is C18H17ClF3N5O2S. The van der Waals surface area contributed by atoms with Crippen LogP contribution in [0.15, 0.2) is 40.1 Å². The summed E-state index contributed by atoms with van der Waals surface area (Å²) in [5.74, 6) is 0.810. The molecule has 4 rings (SSSR count). The average molecular weight is 460 g/mol. The van der Waals surface area contributed by atoms with Gasteiger partial charge in [-0.2, -0.15) is 13.2 Å². The quantitative estimate of drug-likeness (QED) is 0.509. The van der Waals surface area contributed by atoms with Crippen LogP contribution in [-0.2, 0) is 17.0 Å². The molecule has 0 amide bonds. The van der Waals surface area contributed by atoms with Crippen LogP contribution in [0.2, 0.25) is 5.02 Å². The van der Waals surface area contributed by atoms with Crippen molar-refractivity contribution >= 4 is 29.3 Å². The third kappa shape index (κ3) is 4.90. The van der Waals surface area contributed by atoms with E-state index in [1.165, 1.54) is 6.26 Å². The number of hydrogen-bond donors (Lipinski definition) is 0. The molecule has 2 aromatic heterocycles. The number of hydrogen-bond acceptors (Lipinski definition) is 7. The minimum absolute atomic E-state index is 0.163. The van der Waals surface area contributed by atoms with Crippen molar-refractivity contribution in [3.8, 4) is 11.5 Å². The van der Waals surface area contributed by atoms with Gasteiger partial charge in [0.2, 0.25) is 11.8 Å². The van der Waals surface area contributed by atoms with E-state index in [4.69, 9.17) is 20.8 Å². The maximum Gasteiger partial charge on any atom is 0.406 e. The summed E-state index contributed by atoms with van der Waals surface area (Å²) in [6, 6.07) is 7.11. The third-order valence-electron chi connectivity index (χ3n) is 4.33. The van der Waals surface area contributed by atoms with Gasteiger partial charge < -0.3 is 14.1 Å². The summed E-state index contributed by atoms with van der Waals surface area (Å²) in [5, 5.41) is 8.65. The summed E-state index contributed by atoms with van der Waals surface area (Å²) < 4.78 is 51.3. The van der Waals surface area contributed by atoms with Crippen LogP contribution in [0.4, 0.5) is 19.1 Å². The molecule has 1 aliphatic heterocycles. The topological polar surface area (TPSA) is 69.2 Å². The van der Waals surface area contributed by atoms with Crippen molar-refractivity contribution in [1.29, 1.82) is 0 Å².